The summed E-state index contributed by atoms with van der Waals surface area (Å²) in [6.45, 7) is 1.58. The second-order valence-electron chi connectivity index (χ2n) is 8.59. The van der Waals surface area contributed by atoms with Crippen LogP contribution in [0.1, 0.15) is 32.1 Å². The summed E-state index contributed by atoms with van der Waals surface area (Å²) in [5, 5.41) is 15.6. The van der Waals surface area contributed by atoms with Gasteiger partial charge in [0.1, 0.15) is 18.2 Å². The van der Waals surface area contributed by atoms with E-state index in [0.717, 1.165) is 61.2 Å². The van der Waals surface area contributed by atoms with Crippen LogP contribution in [0.4, 0.5) is 11.5 Å². The number of carbonyl (C=O) groups excluding carboxylic acids is 1. The van der Waals surface area contributed by atoms with Crippen LogP contribution in [0.25, 0.3) is 11.0 Å². The average molecular weight is 474 g/mol. The molecule has 3 N–H and O–H groups in total. The molecule has 2 fully saturated rings. The van der Waals surface area contributed by atoms with E-state index in [1.54, 1.807) is 30.7 Å². The molecule has 1 aliphatic carbocycles. The zero-order valence-electron chi connectivity index (χ0n) is 17.5. The molecule has 3 heterocycles. The van der Waals surface area contributed by atoms with E-state index in [2.05, 4.69) is 35.7 Å². The van der Waals surface area contributed by atoms with E-state index in [-0.39, 0.29) is 18.0 Å². The molecule has 0 spiro atoms. The molecule has 10 heteroatoms. The van der Waals surface area contributed by atoms with Gasteiger partial charge in [-0.2, -0.15) is 5.10 Å². The summed E-state index contributed by atoms with van der Waals surface area (Å²) in [7, 11) is 0. The summed E-state index contributed by atoms with van der Waals surface area (Å²) in [4.78, 5) is 24.3. The number of anilines is 2. The Bertz CT molecular complexity index is 1100. The fourth-order valence-corrected chi connectivity index (χ4v) is 4.92. The molecule has 1 aliphatic heterocycles. The Morgan fingerprint density at radius 3 is 2.72 bits per heavy atom. The van der Waals surface area contributed by atoms with Crippen LogP contribution in [0.3, 0.4) is 0 Å². The number of halogens is 2. The Hall–Kier alpha value is -2.58. The minimum atomic E-state index is -0.305. The van der Waals surface area contributed by atoms with Crippen LogP contribution >= 0.6 is 23.2 Å². The lowest BCUT2D eigenvalue weighted by molar-refractivity contribution is -0.122. The fourth-order valence-electron chi connectivity index (χ4n) is 4.39. The van der Waals surface area contributed by atoms with Crippen LogP contribution in [0.15, 0.2) is 30.7 Å². The topological polar surface area (TPSA) is 98.8 Å². The number of H-pyrrole nitrogens is 1. The number of aromatic nitrogens is 4. The SMILES string of the molecule is O=C(NC1CCCCN(c2ncnc3[nH]ncc23)C1)[C@H](Nc1cc(Cl)cc(Cl)c1)C1CC1. The minimum Gasteiger partial charge on any atom is -0.373 e. The van der Waals surface area contributed by atoms with Gasteiger partial charge in [-0.1, -0.05) is 23.2 Å². The third kappa shape index (κ3) is 4.76. The van der Waals surface area contributed by atoms with Gasteiger partial charge in [0.05, 0.1) is 11.6 Å². The molecular weight excluding hydrogens is 449 g/mol. The van der Waals surface area contributed by atoms with Gasteiger partial charge in [-0.05, 0) is 56.2 Å². The van der Waals surface area contributed by atoms with Crippen molar-refractivity contribution in [3.63, 3.8) is 0 Å². The molecule has 1 saturated carbocycles. The number of rotatable bonds is 6. The van der Waals surface area contributed by atoms with Crippen molar-refractivity contribution in [2.75, 3.05) is 23.3 Å². The molecular formula is C22H25Cl2N7O. The predicted octanol–water partition coefficient (Wildman–Crippen LogP) is 4.03. The lowest BCUT2D eigenvalue weighted by Gasteiger charge is -2.28. The summed E-state index contributed by atoms with van der Waals surface area (Å²) in [6, 6.07) is 5.02. The van der Waals surface area contributed by atoms with Crippen molar-refractivity contribution in [3.05, 3.63) is 40.8 Å². The Kier molecular flexibility index (Phi) is 6.06. The van der Waals surface area contributed by atoms with Gasteiger partial charge in [0.15, 0.2) is 5.65 Å². The van der Waals surface area contributed by atoms with Crippen molar-refractivity contribution in [2.24, 2.45) is 5.92 Å². The first-order chi connectivity index (χ1) is 15.6. The van der Waals surface area contributed by atoms with Crippen molar-refractivity contribution in [1.82, 2.24) is 25.5 Å². The Balaban J connectivity index is 1.30. The van der Waals surface area contributed by atoms with Crippen molar-refractivity contribution in [3.8, 4) is 0 Å². The second-order valence-corrected chi connectivity index (χ2v) is 9.47. The number of benzene rings is 1. The maximum atomic E-state index is 13.3. The number of fused-ring (bicyclic) bond motifs is 1. The number of nitrogens with zero attached hydrogens (tertiary/aromatic N) is 4. The maximum Gasteiger partial charge on any atom is 0.243 e. The molecule has 1 saturated heterocycles. The summed E-state index contributed by atoms with van der Waals surface area (Å²) < 4.78 is 0. The van der Waals surface area contributed by atoms with Gasteiger partial charge < -0.3 is 15.5 Å². The van der Waals surface area contributed by atoms with Crippen molar-refractivity contribution in [2.45, 2.75) is 44.2 Å². The number of carbonyl (C=O) groups is 1. The molecule has 32 heavy (non-hydrogen) atoms. The van der Waals surface area contributed by atoms with Gasteiger partial charge in [0, 0.05) is 34.9 Å². The van der Waals surface area contributed by atoms with E-state index in [0.29, 0.717) is 22.5 Å². The van der Waals surface area contributed by atoms with Crippen molar-refractivity contribution < 1.29 is 4.79 Å². The number of nitrogens with one attached hydrogen (secondary N) is 3. The molecule has 0 radical (unpaired) electrons. The van der Waals surface area contributed by atoms with E-state index < -0.39 is 0 Å². The van der Waals surface area contributed by atoms with E-state index in [1.165, 1.54) is 0 Å². The third-order valence-electron chi connectivity index (χ3n) is 6.10. The van der Waals surface area contributed by atoms with E-state index in [9.17, 15) is 4.79 Å². The van der Waals surface area contributed by atoms with Gasteiger partial charge >= 0.3 is 0 Å². The smallest absolute Gasteiger partial charge is 0.243 e. The average Bonchev–Trinajstić information content (AvgIpc) is 3.52. The Labute approximate surface area is 196 Å². The lowest BCUT2D eigenvalue weighted by Crippen LogP contribution is -2.49. The summed E-state index contributed by atoms with van der Waals surface area (Å²) in [6.07, 6.45) is 8.41. The number of aromatic amines is 1. The molecule has 168 valence electrons. The standard InChI is InChI=1S/C22H25Cl2N7O/c23-14-7-15(24)9-17(8-14)28-19(13-4-5-13)22(32)29-16-3-1-2-6-31(11-16)21-18-10-27-30-20(18)25-12-26-21/h7-10,12-13,16,19,28H,1-6,11H2,(H,29,32)(H,25,26,27,30)/t16?,19-/m1/s1. The highest BCUT2D eigenvalue weighted by Gasteiger charge is 2.37. The maximum absolute atomic E-state index is 13.3. The van der Waals surface area contributed by atoms with Crippen molar-refractivity contribution >= 4 is 51.6 Å². The highest BCUT2D eigenvalue weighted by molar-refractivity contribution is 6.35. The molecule has 2 atom stereocenters. The zero-order chi connectivity index (χ0) is 22.1. The number of amides is 1. The largest absolute Gasteiger partial charge is 0.373 e. The van der Waals surface area contributed by atoms with Crippen LogP contribution in [0.2, 0.25) is 10.0 Å². The van der Waals surface area contributed by atoms with Gasteiger partial charge in [0.2, 0.25) is 5.91 Å². The van der Waals surface area contributed by atoms with Gasteiger partial charge in [-0.3, -0.25) is 9.89 Å². The highest BCUT2D eigenvalue weighted by atomic mass is 35.5. The summed E-state index contributed by atoms with van der Waals surface area (Å²) >= 11 is 12.3. The molecule has 1 unspecified atom stereocenters. The minimum absolute atomic E-state index is 0.0200. The van der Waals surface area contributed by atoms with Gasteiger partial charge in [-0.25, -0.2) is 9.97 Å². The van der Waals surface area contributed by atoms with Crippen LogP contribution in [0, 0.1) is 5.92 Å². The lowest BCUT2D eigenvalue weighted by atomic mass is 10.1. The molecule has 5 rings (SSSR count). The second kappa shape index (κ2) is 9.11. The van der Waals surface area contributed by atoms with E-state index in [1.807, 2.05) is 0 Å². The molecule has 2 aromatic heterocycles. The molecule has 1 aromatic carbocycles. The van der Waals surface area contributed by atoms with Gasteiger partial charge in [-0.15, -0.1) is 0 Å². The molecule has 8 nitrogen and oxygen atoms in total. The first-order valence-electron chi connectivity index (χ1n) is 11.0. The first-order valence-corrected chi connectivity index (χ1v) is 11.7. The molecule has 0 bridgehead atoms. The van der Waals surface area contributed by atoms with E-state index in [4.69, 9.17) is 23.2 Å². The van der Waals surface area contributed by atoms with Crippen LogP contribution in [-0.4, -0.2) is 51.2 Å². The Morgan fingerprint density at radius 1 is 1.12 bits per heavy atom. The van der Waals surface area contributed by atoms with Crippen LogP contribution in [0.5, 0.6) is 0 Å². The number of hydrogen-bond acceptors (Lipinski definition) is 6. The van der Waals surface area contributed by atoms with E-state index >= 15 is 0 Å². The van der Waals surface area contributed by atoms with Crippen LogP contribution < -0.4 is 15.5 Å². The third-order valence-corrected chi connectivity index (χ3v) is 6.54. The zero-order valence-corrected chi connectivity index (χ0v) is 19.0. The first kappa shape index (κ1) is 21.3. The molecule has 1 amide bonds. The van der Waals surface area contributed by atoms with Crippen molar-refractivity contribution in [1.29, 1.82) is 0 Å². The molecule has 3 aromatic rings. The number of hydrogen-bond donors (Lipinski definition) is 3. The monoisotopic (exact) mass is 473 g/mol. The van der Waals surface area contributed by atoms with Crippen LogP contribution in [-0.2, 0) is 4.79 Å². The fraction of sp³-hybridized carbons (Fsp3) is 0.455. The van der Waals surface area contributed by atoms with Gasteiger partial charge in [0.25, 0.3) is 0 Å². The highest BCUT2D eigenvalue weighted by Crippen LogP contribution is 2.35. The Morgan fingerprint density at radius 2 is 1.94 bits per heavy atom. The summed E-state index contributed by atoms with van der Waals surface area (Å²) in [5.74, 6) is 1.20. The predicted molar refractivity (Wildman–Crippen MR) is 126 cm³/mol. The quantitative estimate of drug-likeness (QED) is 0.499. The normalized spacial score (nSPS) is 20.1. The molecule has 2 aliphatic rings. The summed E-state index contributed by atoms with van der Waals surface area (Å²) in [5.41, 5.74) is 1.48.